The number of rotatable bonds is 10. The number of carbonyl (C=O) groups is 1. The van der Waals surface area contributed by atoms with Crippen LogP contribution < -0.4 is 10.1 Å². The largest absolute Gasteiger partial charge is 0.494 e. The van der Waals surface area contributed by atoms with Crippen molar-refractivity contribution in [3.63, 3.8) is 0 Å². The Labute approximate surface area is 158 Å². The van der Waals surface area contributed by atoms with Crippen molar-refractivity contribution in [2.24, 2.45) is 0 Å². The fraction of sp³-hybridized carbons (Fsp3) is 0.350. The van der Waals surface area contributed by atoms with Gasteiger partial charge in [0.25, 0.3) is 5.69 Å². The number of methoxy groups -OCH3 is 1. The average molecular weight is 372 g/mol. The SMILES string of the molecule is COC(=O)CCCCCOc1ccc([N+](=O)[O-])c(Nc2cccc(C)c2)c1. The Morgan fingerprint density at radius 1 is 1.15 bits per heavy atom. The van der Waals surface area contributed by atoms with E-state index in [0.717, 1.165) is 30.5 Å². The van der Waals surface area contributed by atoms with Crippen molar-refractivity contribution in [3.05, 3.63) is 58.1 Å². The van der Waals surface area contributed by atoms with Gasteiger partial charge in [0, 0.05) is 24.2 Å². The number of benzene rings is 2. The van der Waals surface area contributed by atoms with Crippen LogP contribution in [-0.4, -0.2) is 24.6 Å². The van der Waals surface area contributed by atoms with E-state index in [-0.39, 0.29) is 11.7 Å². The number of hydrogen-bond acceptors (Lipinski definition) is 6. The Morgan fingerprint density at radius 3 is 2.67 bits per heavy atom. The molecular formula is C20H24N2O5. The predicted molar refractivity (Wildman–Crippen MR) is 104 cm³/mol. The van der Waals surface area contributed by atoms with E-state index < -0.39 is 4.92 Å². The summed E-state index contributed by atoms with van der Waals surface area (Å²) in [6.45, 7) is 2.43. The van der Waals surface area contributed by atoms with Crippen LogP contribution >= 0.6 is 0 Å². The van der Waals surface area contributed by atoms with E-state index in [1.165, 1.54) is 13.2 Å². The van der Waals surface area contributed by atoms with Gasteiger partial charge >= 0.3 is 5.97 Å². The van der Waals surface area contributed by atoms with Gasteiger partial charge in [-0.15, -0.1) is 0 Å². The third kappa shape index (κ3) is 6.62. The van der Waals surface area contributed by atoms with Crippen LogP contribution in [0.5, 0.6) is 5.75 Å². The Bertz CT molecular complexity index is 792. The molecule has 7 nitrogen and oxygen atoms in total. The summed E-state index contributed by atoms with van der Waals surface area (Å²) in [5.74, 6) is 0.349. The molecule has 0 bridgehead atoms. The van der Waals surface area contributed by atoms with Gasteiger partial charge in [0.05, 0.1) is 18.6 Å². The van der Waals surface area contributed by atoms with Crippen molar-refractivity contribution < 1.29 is 19.2 Å². The van der Waals surface area contributed by atoms with Crippen molar-refractivity contribution in [1.29, 1.82) is 0 Å². The summed E-state index contributed by atoms with van der Waals surface area (Å²) in [6, 6.07) is 12.3. The zero-order valence-corrected chi connectivity index (χ0v) is 15.6. The normalized spacial score (nSPS) is 10.3. The molecule has 0 heterocycles. The fourth-order valence-corrected chi connectivity index (χ4v) is 2.58. The molecule has 0 aromatic heterocycles. The van der Waals surface area contributed by atoms with E-state index >= 15 is 0 Å². The molecule has 0 aliphatic carbocycles. The molecule has 0 aliphatic rings. The zero-order chi connectivity index (χ0) is 19.6. The first-order valence-corrected chi connectivity index (χ1v) is 8.81. The summed E-state index contributed by atoms with van der Waals surface area (Å²) >= 11 is 0. The van der Waals surface area contributed by atoms with Gasteiger partial charge in [0.1, 0.15) is 11.4 Å². The molecule has 0 saturated carbocycles. The quantitative estimate of drug-likeness (QED) is 0.280. The molecule has 0 fully saturated rings. The summed E-state index contributed by atoms with van der Waals surface area (Å²) in [7, 11) is 1.38. The van der Waals surface area contributed by atoms with Crippen LogP contribution in [0.3, 0.4) is 0 Å². The molecule has 0 atom stereocenters. The van der Waals surface area contributed by atoms with Crippen LogP contribution in [-0.2, 0) is 9.53 Å². The molecule has 2 rings (SSSR count). The standard InChI is InChI=1S/C20H24N2O5/c1-15-7-6-8-16(13-15)21-18-14-17(10-11-19(18)22(24)25)27-12-5-3-4-9-20(23)26-2/h6-8,10-11,13-14,21H,3-5,9,12H2,1-2H3. The molecule has 2 aromatic carbocycles. The highest BCUT2D eigenvalue weighted by molar-refractivity contribution is 5.71. The van der Waals surface area contributed by atoms with Crippen molar-refractivity contribution in [1.82, 2.24) is 0 Å². The van der Waals surface area contributed by atoms with Crippen molar-refractivity contribution in [2.45, 2.75) is 32.6 Å². The number of aryl methyl sites for hydroxylation is 1. The number of anilines is 2. The van der Waals surface area contributed by atoms with Gasteiger partial charge in [-0.3, -0.25) is 14.9 Å². The Hall–Kier alpha value is -3.09. The zero-order valence-electron chi connectivity index (χ0n) is 15.6. The molecule has 0 radical (unpaired) electrons. The number of esters is 1. The fourth-order valence-electron chi connectivity index (χ4n) is 2.58. The third-order valence-corrected chi connectivity index (χ3v) is 3.98. The van der Waals surface area contributed by atoms with Gasteiger partial charge in [-0.1, -0.05) is 12.1 Å². The molecule has 0 spiro atoms. The smallest absolute Gasteiger partial charge is 0.305 e. The maximum Gasteiger partial charge on any atom is 0.305 e. The van der Waals surface area contributed by atoms with Gasteiger partial charge in [-0.2, -0.15) is 0 Å². The average Bonchev–Trinajstić information content (AvgIpc) is 2.64. The second-order valence-corrected chi connectivity index (χ2v) is 6.17. The summed E-state index contributed by atoms with van der Waals surface area (Å²) in [5.41, 5.74) is 2.20. The van der Waals surface area contributed by atoms with E-state index in [2.05, 4.69) is 10.1 Å². The van der Waals surface area contributed by atoms with Crippen LogP contribution in [0.25, 0.3) is 0 Å². The molecule has 0 amide bonds. The van der Waals surface area contributed by atoms with Crippen molar-refractivity contribution in [3.8, 4) is 5.75 Å². The van der Waals surface area contributed by atoms with Crippen LogP contribution in [0.4, 0.5) is 17.1 Å². The van der Waals surface area contributed by atoms with Crippen LogP contribution in [0.2, 0.25) is 0 Å². The lowest BCUT2D eigenvalue weighted by molar-refractivity contribution is -0.383. The van der Waals surface area contributed by atoms with E-state index in [9.17, 15) is 14.9 Å². The lowest BCUT2D eigenvalue weighted by Crippen LogP contribution is -2.02. The molecule has 1 N–H and O–H groups in total. The van der Waals surface area contributed by atoms with Gasteiger partial charge < -0.3 is 14.8 Å². The second kappa shape index (κ2) is 10.2. The summed E-state index contributed by atoms with van der Waals surface area (Å²) in [6.07, 6.45) is 2.78. The topological polar surface area (TPSA) is 90.7 Å². The number of nitrogens with zero attached hydrogens (tertiary/aromatic N) is 1. The number of ether oxygens (including phenoxy) is 2. The lowest BCUT2D eigenvalue weighted by atomic mass is 10.2. The van der Waals surface area contributed by atoms with Gasteiger partial charge in [-0.25, -0.2) is 0 Å². The van der Waals surface area contributed by atoms with E-state index in [1.807, 2.05) is 31.2 Å². The molecule has 0 saturated heterocycles. The summed E-state index contributed by atoms with van der Waals surface area (Å²) in [5, 5.41) is 14.4. The molecule has 0 unspecified atom stereocenters. The molecule has 27 heavy (non-hydrogen) atoms. The van der Waals surface area contributed by atoms with Gasteiger partial charge in [-0.05, 0) is 49.9 Å². The van der Waals surface area contributed by atoms with Crippen LogP contribution in [0.15, 0.2) is 42.5 Å². The first-order valence-electron chi connectivity index (χ1n) is 8.81. The highest BCUT2D eigenvalue weighted by Gasteiger charge is 2.15. The summed E-state index contributed by atoms with van der Waals surface area (Å²) < 4.78 is 10.3. The predicted octanol–water partition coefficient (Wildman–Crippen LogP) is 4.76. The molecule has 7 heteroatoms. The third-order valence-electron chi connectivity index (χ3n) is 3.98. The van der Waals surface area contributed by atoms with Crippen molar-refractivity contribution >= 4 is 23.0 Å². The highest BCUT2D eigenvalue weighted by Crippen LogP contribution is 2.31. The number of hydrogen-bond donors (Lipinski definition) is 1. The molecule has 0 aliphatic heterocycles. The lowest BCUT2D eigenvalue weighted by Gasteiger charge is -2.11. The maximum atomic E-state index is 11.3. The number of carbonyl (C=O) groups excluding carboxylic acids is 1. The summed E-state index contributed by atoms with van der Waals surface area (Å²) in [4.78, 5) is 21.9. The minimum absolute atomic E-state index is 0.0121. The highest BCUT2D eigenvalue weighted by atomic mass is 16.6. The Kier molecular flexibility index (Phi) is 7.61. The Morgan fingerprint density at radius 2 is 1.96 bits per heavy atom. The minimum Gasteiger partial charge on any atom is -0.494 e. The number of nitrogens with one attached hydrogen (secondary N) is 1. The van der Waals surface area contributed by atoms with Gasteiger partial charge in [0.2, 0.25) is 0 Å². The molecular weight excluding hydrogens is 348 g/mol. The second-order valence-electron chi connectivity index (χ2n) is 6.17. The number of nitro benzene ring substituents is 1. The molecule has 144 valence electrons. The first kappa shape index (κ1) is 20.2. The van der Waals surface area contributed by atoms with E-state index in [0.29, 0.717) is 24.5 Å². The van der Waals surface area contributed by atoms with E-state index in [4.69, 9.17) is 4.74 Å². The maximum absolute atomic E-state index is 11.3. The minimum atomic E-state index is -0.422. The Balaban J connectivity index is 1.96. The van der Waals surface area contributed by atoms with Gasteiger partial charge in [0.15, 0.2) is 0 Å². The van der Waals surface area contributed by atoms with Crippen LogP contribution in [0, 0.1) is 17.0 Å². The number of unbranched alkanes of at least 4 members (excludes halogenated alkanes) is 2. The first-order chi connectivity index (χ1) is 13.0. The van der Waals surface area contributed by atoms with Crippen molar-refractivity contribution in [2.75, 3.05) is 19.0 Å². The monoisotopic (exact) mass is 372 g/mol. The van der Waals surface area contributed by atoms with E-state index in [1.54, 1.807) is 12.1 Å². The van der Waals surface area contributed by atoms with Crippen LogP contribution in [0.1, 0.15) is 31.2 Å². The molecule has 2 aromatic rings. The number of nitro groups is 1.